The van der Waals surface area contributed by atoms with E-state index in [-0.39, 0.29) is 6.04 Å². The van der Waals surface area contributed by atoms with Crippen molar-refractivity contribution in [2.45, 2.75) is 12.5 Å². The first-order valence-electron chi connectivity index (χ1n) is 4.48. The first-order valence-corrected chi connectivity index (χ1v) is 4.86. The van der Waals surface area contributed by atoms with Gasteiger partial charge in [-0.3, -0.25) is 0 Å². The smallest absolute Gasteiger partial charge is 0.120 e. The standard InChI is InChI=1S/C10H15ClN2O/c1-14-7-2-3-8(9(11)6-7)10(13)4-5-12/h2-3,6,10H,4-5,12-13H2,1H3. The number of nitrogens with two attached hydrogens (primary N) is 2. The van der Waals surface area contributed by atoms with Crippen LogP contribution < -0.4 is 16.2 Å². The second-order valence-corrected chi connectivity index (χ2v) is 3.48. The minimum Gasteiger partial charge on any atom is -0.497 e. The summed E-state index contributed by atoms with van der Waals surface area (Å²) in [6, 6.07) is 5.38. The Hall–Kier alpha value is -0.770. The molecule has 0 saturated carbocycles. The van der Waals surface area contributed by atoms with Gasteiger partial charge in [0, 0.05) is 11.1 Å². The topological polar surface area (TPSA) is 61.3 Å². The van der Waals surface area contributed by atoms with E-state index in [9.17, 15) is 0 Å². The first kappa shape index (κ1) is 11.3. The van der Waals surface area contributed by atoms with E-state index in [1.54, 1.807) is 13.2 Å². The highest BCUT2D eigenvalue weighted by Gasteiger charge is 2.09. The van der Waals surface area contributed by atoms with Gasteiger partial charge in [-0.25, -0.2) is 0 Å². The van der Waals surface area contributed by atoms with Gasteiger partial charge in [0.2, 0.25) is 0 Å². The summed E-state index contributed by atoms with van der Waals surface area (Å²) in [5.41, 5.74) is 12.2. The Bertz CT molecular complexity index is 304. The molecule has 0 heterocycles. The third kappa shape index (κ3) is 2.61. The molecule has 0 saturated heterocycles. The average Bonchev–Trinajstić information content (AvgIpc) is 2.17. The number of halogens is 1. The maximum atomic E-state index is 6.04. The van der Waals surface area contributed by atoms with Crippen molar-refractivity contribution in [3.63, 3.8) is 0 Å². The molecule has 1 aromatic carbocycles. The number of ether oxygens (including phenoxy) is 1. The van der Waals surface area contributed by atoms with Crippen LogP contribution in [0.5, 0.6) is 5.75 Å². The van der Waals surface area contributed by atoms with E-state index in [1.165, 1.54) is 0 Å². The van der Waals surface area contributed by atoms with Crippen LogP contribution in [0.1, 0.15) is 18.0 Å². The molecule has 1 unspecified atom stereocenters. The minimum absolute atomic E-state index is 0.0987. The van der Waals surface area contributed by atoms with E-state index in [0.29, 0.717) is 11.6 Å². The zero-order chi connectivity index (χ0) is 10.6. The van der Waals surface area contributed by atoms with Crippen LogP contribution in [0.4, 0.5) is 0 Å². The molecule has 0 aromatic heterocycles. The lowest BCUT2D eigenvalue weighted by molar-refractivity contribution is 0.414. The summed E-state index contributed by atoms with van der Waals surface area (Å²) in [6.07, 6.45) is 0.728. The first-order chi connectivity index (χ1) is 6.69. The summed E-state index contributed by atoms with van der Waals surface area (Å²) in [4.78, 5) is 0. The maximum Gasteiger partial charge on any atom is 0.120 e. The summed E-state index contributed by atoms with van der Waals surface area (Å²) in [5, 5.41) is 0.630. The summed E-state index contributed by atoms with van der Waals surface area (Å²) < 4.78 is 5.04. The highest BCUT2D eigenvalue weighted by atomic mass is 35.5. The van der Waals surface area contributed by atoms with Crippen molar-refractivity contribution in [1.82, 2.24) is 0 Å². The zero-order valence-corrected chi connectivity index (χ0v) is 8.92. The lowest BCUT2D eigenvalue weighted by Gasteiger charge is -2.13. The molecule has 0 amide bonds. The van der Waals surface area contributed by atoms with Crippen molar-refractivity contribution in [2.24, 2.45) is 11.5 Å². The molecule has 4 heteroatoms. The van der Waals surface area contributed by atoms with Crippen LogP contribution in [0.3, 0.4) is 0 Å². The van der Waals surface area contributed by atoms with Crippen molar-refractivity contribution in [2.75, 3.05) is 13.7 Å². The lowest BCUT2D eigenvalue weighted by Crippen LogP contribution is -2.15. The van der Waals surface area contributed by atoms with E-state index in [0.717, 1.165) is 17.7 Å². The van der Waals surface area contributed by atoms with Crippen LogP contribution in [0.25, 0.3) is 0 Å². The van der Waals surface area contributed by atoms with E-state index >= 15 is 0 Å². The second kappa shape index (κ2) is 5.20. The molecule has 14 heavy (non-hydrogen) atoms. The van der Waals surface area contributed by atoms with Crippen LogP contribution in [0, 0.1) is 0 Å². The average molecular weight is 215 g/mol. The predicted molar refractivity (Wildman–Crippen MR) is 58.6 cm³/mol. The Labute approximate surface area is 89.0 Å². The molecule has 0 aliphatic rings. The van der Waals surface area contributed by atoms with Gasteiger partial charge in [-0.05, 0) is 30.7 Å². The predicted octanol–water partition coefficient (Wildman–Crippen LogP) is 1.70. The highest BCUT2D eigenvalue weighted by Crippen LogP contribution is 2.27. The van der Waals surface area contributed by atoms with Crippen molar-refractivity contribution >= 4 is 11.6 Å². The summed E-state index contributed by atoms with van der Waals surface area (Å²) in [7, 11) is 1.60. The molecule has 78 valence electrons. The monoisotopic (exact) mass is 214 g/mol. The molecule has 0 spiro atoms. The molecule has 0 bridgehead atoms. The van der Waals surface area contributed by atoms with E-state index < -0.39 is 0 Å². The fourth-order valence-electron chi connectivity index (χ4n) is 1.27. The van der Waals surface area contributed by atoms with E-state index in [4.69, 9.17) is 27.8 Å². The Morgan fingerprint density at radius 1 is 1.50 bits per heavy atom. The SMILES string of the molecule is COc1ccc(C(N)CCN)c(Cl)c1. The fourth-order valence-corrected chi connectivity index (χ4v) is 1.58. The Morgan fingerprint density at radius 3 is 2.71 bits per heavy atom. The van der Waals surface area contributed by atoms with E-state index in [2.05, 4.69) is 0 Å². The van der Waals surface area contributed by atoms with Crippen molar-refractivity contribution in [3.8, 4) is 5.75 Å². The van der Waals surface area contributed by atoms with Gasteiger partial charge < -0.3 is 16.2 Å². The summed E-state index contributed by atoms with van der Waals surface area (Å²) in [6.45, 7) is 0.559. The second-order valence-electron chi connectivity index (χ2n) is 3.07. The van der Waals surface area contributed by atoms with Crippen molar-refractivity contribution in [1.29, 1.82) is 0 Å². The van der Waals surface area contributed by atoms with Crippen molar-refractivity contribution in [3.05, 3.63) is 28.8 Å². The minimum atomic E-state index is -0.0987. The molecule has 0 aliphatic heterocycles. The van der Waals surface area contributed by atoms with Gasteiger partial charge in [0.1, 0.15) is 5.75 Å². The third-order valence-electron chi connectivity index (χ3n) is 2.08. The molecule has 1 rings (SSSR count). The van der Waals surface area contributed by atoms with Crippen LogP contribution in [0.2, 0.25) is 5.02 Å². The van der Waals surface area contributed by atoms with Gasteiger partial charge in [0.05, 0.1) is 7.11 Å². The van der Waals surface area contributed by atoms with Gasteiger partial charge in [-0.2, -0.15) is 0 Å². The van der Waals surface area contributed by atoms with E-state index in [1.807, 2.05) is 12.1 Å². The number of methoxy groups -OCH3 is 1. The molecule has 0 fully saturated rings. The highest BCUT2D eigenvalue weighted by molar-refractivity contribution is 6.31. The Morgan fingerprint density at radius 2 is 2.21 bits per heavy atom. The van der Waals surface area contributed by atoms with Crippen LogP contribution >= 0.6 is 11.6 Å². The van der Waals surface area contributed by atoms with Crippen LogP contribution in [0.15, 0.2) is 18.2 Å². The zero-order valence-electron chi connectivity index (χ0n) is 8.16. The normalized spacial score (nSPS) is 12.6. The van der Waals surface area contributed by atoms with Crippen LogP contribution in [-0.2, 0) is 0 Å². The molecule has 1 aromatic rings. The Balaban J connectivity index is 2.88. The van der Waals surface area contributed by atoms with Gasteiger partial charge in [0.25, 0.3) is 0 Å². The van der Waals surface area contributed by atoms with Crippen LogP contribution in [-0.4, -0.2) is 13.7 Å². The number of rotatable bonds is 4. The molecular formula is C10H15ClN2O. The molecule has 3 nitrogen and oxygen atoms in total. The van der Waals surface area contributed by atoms with Gasteiger partial charge in [-0.1, -0.05) is 17.7 Å². The van der Waals surface area contributed by atoms with Gasteiger partial charge >= 0.3 is 0 Å². The largest absolute Gasteiger partial charge is 0.497 e. The number of hydrogen-bond acceptors (Lipinski definition) is 3. The third-order valence-corrected chi connectivity index (χ3v) is 2.41. The molecular weight excluding hydrogens is 200 g/mol. The van der Waals surface area contributed by atoms with Gasteiger partial charge in [0.15, 0.2) is 0 Å². The number of benzene rings is 1. The molecule has 1 atom stereocenters. The lowest BCUT2D eigenvalue weighted by atomic mass is 10.0. The molecule has 4 N–H and O–H groups in total. The quantitative estimate of drug-likeness (QED) is 0.802. The Kier molecular flexibility index (Phi) is 4.20. The maximum absolute atomic E-state index is 6.04. The van der Waals surface area contributed by atoms with Gasteiger partial charge in [-0.15, -0.1) is 0 Å². The summed E-state index contributed by atoms with van der Waals surface area (Å²) >= 11 is 6.04. The summed E-state index contributed by atoms with van der Waals surface area (Å²) in [5.74, 6) is 0.735. The molecule has 0 aliphatic carbocycles. The fraction of sp³-hybridized carbons (Fsp3) is 0.400. The molecule has 0 radical (unpaired) electrons. The van der Waals surface area contributed by atoms with Crippen molar-refractivity contribution < 1.29 is 4.74 Å². The number of hydrogen-bond donors (Lipinski definition) is 2.